The van der Waals surface area contributed by atoms with E-state index in [9.17, 15) is 4.79 Å². The maximum Gasteiger partial charge on any atom is 0.233 e. The van der Waals surface area contributed by atoms with Gasteiger partial charge in [0.25, 0.3) is 0 Å². The first kappa shape index (κ1) is 15.5. The van der Waals surface area contributed by atoms with Gasteiger partial charge < -0.3 is 5.32 Å². The van der Waals surface area contributed by atoms with Gasteiger partial charge in [-0.2, -0.15) is 0 Å². The largest absolute Gasteiger partial charge is 0.351 e. The van der Waals surface area contributed by atoms with Crippen LogP contribution in [0.3, 0.4) is 0 Å². The molecule has 5 heteroatoms. The fourth-order valence-corrected chi connectivity index (χ4v) is 2.98. The fraction of sp³-hybridized carbons (Fsp3) is 0.167. The van der Waals surface area contributed by atoms with Crippen LogP contribution in [0.1, 0.15) is 12.5 Å². The number of hydrogen-bond donors (Lipinski definition) is 1. The topological polar surface area (TPSA) is 54.9 Å². The van der Waals surface area contributed by atoms with Crippen LogP contribution in [-0.4, -0.2) is 21.1 Å². The molecule has 0 unspecified atom stereocenters. The minimum absolute atomic E-state index is 0.00573. The summed E-state index contributed by atoms with van der Waals surface area (Å²) in [5.74, 6) is -0.00573. The Labute approximate surface area is 139 Å². The highest BCUT2D eigenvalue weighted by atomic mass is 32.2. The summed E-state index contributed by atoms with van der Waals surface area (Å²) in [6.45, 7) is 2.41. The number of fused-ring (bicyclic) bond motifs is 1. The van der Waals surface area contributed by atoms with E-state index in [0.29, 0.717) is 6.54 Å². The zero-order valence-electron chi connectivity index (χ0n) is 12.8. The minimum Gasteiger partial charge on any atom is -0.351 e. The molecule has 0 aliphatic carbocycles. The van der Waals surface area contributed by atoms with Gasteiger partial charge in [0.1, 0.15) is 5.03 Å². The highest BCUT2D eigenvalue weighted by Gasteiger charge is 2.15. The van der Waals surface area contributed by atoms with Crippen molar-refractivity contribution in [2.24, 2.45) is 0 Å². The zero-order chi connectivity index (χ0) is 16.1. The Bertz CT molecular complexity index is 807. The van der Waals surface area contributed by atoms with Crippen molar-refractivity contribution in [1.29, 1.82) is 0 Å². The zero-order valence-corrected chi connectivity index (χ0v) is 13.6. The van der Waals surface area contributed by atoms with Gasteiger partial charge in [0.05, 0.1) is 22.5 Å². The van der Waals surface area contributed by atoms with E-state index in [1.165, 1.54) is 11.8 Å². The van der Waals surface area contributed by atoms with E-state index in [-0.39, 0.29) is 11.2 Å². The monoisotopic (exact) mass is 323 g/mol. The van der Waals surface area contributed by atoms with Crippen molar-refractivity contribution >= 4 is 28.7 Å². The minimum atomic E-state index is -0.228. The van der Waals surface area contributed by atoms with E-state index in [1.807, 2.05) is 61.5 Å². The van der Waals surface area contributed by atoms with Crippen molar-refractivity contribution in [3.63, 3.8) is 0 Å². The van der Waals surface area contributed by atoms with Crippen LogP contribution in [0.4, 0.5) is 0 Å². The molecule has 0 radical (unpaired) electrons. The lowest BCUT2D eigenvalue weighted by molar-refractivity contribution is -0.120. The molecule has 3 aromatic rings. The Morgan fingerprint density at radius 1 is 1.09 bits per heavy atom. The lowest BCUT2D eigenvalue weighted by Crippen LogP contribution is -2.30. The Morgan fingerprint density at radius 3 is 2.57 bits per heavy atom. The Kier molecular flexibility index (Phi) is 4.88. The molecule has 0 spiro atoms. The molecule has 1 amide bonds. The van der Waals surface area contributed by atoms with Crippen LogP contribution in [0.2, 0.25) is 0 Å². The molecule has 0 fully saturated rings. The predicted octanol–water partition coefficient (Wildman–Crippen LogP) is 3.43. The summed E-state index contributed by atoms with van der Waals surface area (Å²) in [5.41, 5.74) is 2.79. The van der Waals surface area contributed by atoms with Crippen molar-refractivity contribution in [2.45, 2.75) is 23.7 Å². The molecule has 0 bridgehead atoms. The number of rotatable bonds is 5. The number of hydrogen-bond acceptors (Lipinski definition) is 4. The van der Waals surface area contributed by atoms with E-state index in [1.54, 1.807) is 6.20 Å². The summed E-state index contributed by atoms with van der Waals surface area (Å²) in [6.07, 6.45) is 1.72. The van der Waals surface area contributed by atoms with Crippen LogP contribution < -0.4 is 5.32 Å². The van der Waals surface area contributed by atoms with Crippen molar-refractivity contribution in [3.8, 4) is 0 Å². The van der Waals surface area contributed by atoms with Gasteiger partial charge >= 0.3 is 0 Å². The second kappa shape index (κ2) is 7.24. The molecule has 1 N–H and O–H groups in total. The summed E-state index contributed by atoms with van der Waals surface area (Å²) in [7, 11) is 0. The van der Waals surface area contributed by atoms with Crippen molar-refractivity contribution in [3.05, 3.63) is 66.4 Å². The number of para-hydroxylation sites is 2. The van der Waals surface area contributed by atoms with Gasteiger partial charge in [0, 0.05) is 6.54 Å². The summed E-state index contributed by atoms with van der Waals surface area (Å²) in [4.78, 5) is 21.1. The molecular weight excluding hydrogens is 306 g/mol. The fourth-order valence-electron chi connectivity index (χ4n) is 2.16. The molecule has 4 nitrogen and oxygen atoms in total. The number of amides is 1. The van der Waals surface area contributed by atoms with Crippen LogP contribution in [0.15, 0.2) is 65.8 Å². The van der Waals surface area contributed by atoms with Crippen LogP contribution in [0, 0.1) is 0 Å². The quantitative estimate of drug-likeness (QED) is 0.731. The molecule has 1 heterocycles. The maximum absolute atomic E-state index is 12.2. The van der Waals surface area contributed by atoms with Gasteiger partial charge in [0.15, 0.2) is 0 Å². The molecule has 116 valence electrons. The highest BCUT2D eigenvalue weighted by Crippen LogP contribution is 2.22. The molecular formula is C18H17N3OS. The van der Waals surface area contributed by atoms with Gasteiger partial charge in [-0.15, -0.1) is 0 Å². The van der Waals surface area contributed by atoms with E-state index in [4.69, 9.17) is 0 Å². The molecule has 1 atom stereocenters. The van der Waals surface area contributed by atoms with Crippen molar-refractivity contribution in [2.75, 3.05) is 0 Å². The van der Waals surface area contributed by atoms with Crippen LogP contribution >= 0.6 is 11.8 Å². The lowest BCUT2D eigenvalue weighted by Gasteiger charge is -2.11. The van der Waals surface area contributed by atoms with E-state index < -0.39 is 0 Å². The normalized spacial score (nSPS) is 12.0. The first-order valence-electron chi connectivity index (χ1n) is 7.42. The standard InChI is InChI=1S/C18H17N3OS/c1-13(18(22)20-11-14-7-3-2-4-8-14)23-17-12-19-15-9-5-6-10-16(15)21-17/h2-10,12-13H,11H2,1H3,(H,20,22)/t13-/m0/s1. The second-order valence-electron chi connectivity index (χ2n) is 5.16. The molecule has 0 aliphatic heterocycles. The number of nitrogens with zero attached hydrogens (tertiary/aromatic N) is 2. The van der Waals surface area contributed by atoms with Gasteiger partial charge in [-0.3, -0.25) is 9.78 Å². The molecule has 0 saturated heterocycles. The Balaban J connectivity index is 1.60. The maximum atomic E-state index is 12.2. The summed E-state index contributed by atoms with van der Waals surface area (Å²) in [6, 6.07) is 17.6. The number of nitrogens with one attached hydrogen (secondary N) is 1. The molecule has 23 heavy (non-hydrogen) atoms. The van der Waals surface area contributed by atoms with E-state index >= 15 is 0 Å². The predicted molar refractivity (Wildman–Crippen MR) is 93.1 cm³/mol. The number of thioether (sulfide) groups is 1. The van der Waals surface area contributed by atoms with Gasteiger partial charge in [0.2, 0.25) is 5.91 Å². The summed E-state index contributed by atoms with van der Waals surface area (Å²) in [5, 5.41) is 3.48. The molecule has 1 aromatic heterocycles. The van der Waals surface area contributed by atoms with Gasteiger partial charge in [-0.05, 0) is 24.6 Å². The smallest absolute Gasteiger partial charge is 0.233 e. The highest BCUT2D eigenvalue weighted by molar-refractivity contribution is 8.00. The SMILES string of the molecule is C[C@H](Sc1cnc2ccccc2n1)C(=O)NCc1ccccc1. The average molecular weight is 323 g/mol. The molecule has 0 aliphatic rings. The van der Waals surface area contributed by atoms with E-state index in [2.05, 4.69) is 15.3 Å². The number of aromatic nitrogens is 2. The second-order valence-corrected chi connectivity index (χ2v) is 6.52. The average Bonchev–Trinajstić information content (AvgIpc) is 2.60. The molecule has 3 rings (SSSR count). The third-order valence-electron chi connectivity index (χ3n) is 3.40. The summed E-state index contributed by atoms with van der Waals surface area (Å²) < 4.78 is 0. The van der Waals surface area contributed by atoms with Crippen molar-refractivity contribution in [1.82, 2.24) is 15.3 Å². The van der Waals surface area contributed by atoms with E-state index in [0.717, 1.165) is 21.6 Å². The first-order chi connectivity index (χ1) is 11.2. The molecule has 0 saturated carbocycles. The third-order valence-corrected chi connectivity index (χ3v) is 4.41. The Hall–Kier alpha value is -2.40. The Morgan fingerprint density at radius 2 is 1.78 bits per heavy atom. The van der Waals surface area contributed by atoms with Crippen LogP contribution in [0.25, 0.3) is 11.0 Å². The van der Waals surface area contributed by atoms with Gasteiger partial charge in [-0.25, -0.2) is 4.98 Å². The summed E-state index contributed by atoms with van der Waals surface area (Å²) >= 11 is 1.42. The van der Waals surface area contributed by atoms with Crippen LogP contribution in [0.5, 0.6) is 0 Å². The number of benzene rings is 2. The van der Waals surface area contributed by atoms with Gasteiger partial charge in [-0.1, -0.05) is 54.2 Å². The number of carbonyl (C=O) groups is 1. The third kappa shape index (κ3) is 4.07. The first-order valence-corrected chi connectivity index (χ1v) is 8.30. The lowest BCUT2D eigenvalue weighted by atomic mass is 10.2. The number of carbonyl (C=O) groups excluding carboxylic acids is 1. The van der Waals surface area contributed by atoms with Crippen molar-refractivity contribution < 1.29 is 4.79 Å². The molecule has 2 aromatic carbocycles. The van der Waals surface area contributed by atoms with Crippen LogP contribution in [-0.2, 0) is 11.3 Å².